The monoisotopic (exact) mass is 412 g/mol. The van der Waals surface area contributed by atoms with Crippen molar-refractivity contribution in [3.8, 4) is 5.75 Å². The highest BCUT2D eigenvalue weighted by molar-refractivity contribution is 6.34. The first kappa shape index (κ1) is 19.8. The molecule has 2 aliphatic rings. The van der Waals surface area contributed by atoms with Gasteiger partial charge in [-0.15, -0.1) is 0 Å². The molecule has 1 fully saturated rings. The van der Waals surface area contributed by atoms with Crippen molar-refractivity contribution in [3.63, 3.8) is 0 Å². The van der Waals surface area contributed by atoms with Crippen LogP contribution in [0.4, 0.5) is 17.1 Å². The van der Waals surface area contributed by atoms with Crippen molar-refractivity contribution >= 4 is 39.8 Å². The minimum atomic E-state index is -0.145. The van der Waals surface area contributed by atoms with Crippen molar-refractivity contribution in [3.05, 3.63) is 60.2 Å². The lowest BCUT2D eigenvalue weighted by molar-refractivity contribution is -0.400. The summed E-state index contributed by atoms with van der Waals surface area (Å²) in [5.41, 5.74) is 5.25. The molecule has 1 saturated heterocycles. The standard InChI is InChI=1S/C27H29N3O/c1-27(2)21-13-7-8-14-22(21)29(3)25(27)18-28-26-20-12-6-5-11-19(20)23(17-24(26)31)30-15-9-4-10-16-30/h5-8,11-14,17-18H,4,9-10,15-16H2,1-3H3/p+1. The van der Waals surface area contributed by atoms with E-state index in [4.69, 9.17) is 4.99 Å². The van der Waals surface area contributed by atoms with Gasteiger partial charge in [-0.3, -0.25) is 0 Å². The topological polar surface area (TPSA) is 38.8 Å². The zero-order valence-corrected chi connectivity index (χ0v) is 18.6. The van der Waals surface area contributed by atoms with E-state index in [0.29, 0.717) is 5.69 Å². The van der Waals surface area contributed by atoms with Crippen molar-refractivity contribution in [2.45, 2.75) is 38.5 Å². The van der Waals surface area contributed by atoms with Gasteiger partial charge >= 0.3 is 0 Å². The average Bonchev–Trinajstić information content (AvgIpc) is 2.99. The average molecular weight is 413 g/mol. The van der Waals surface area contributed by atoms with Gasteiger partial charge in [0, 0.05) is 47.2 Å². The van der Waals surface area contributed by atoms with E-state index in [-0.39, 0.29) is 11.2 Å². The lowest BCUT2D eigenvalue weighted by Crippen LogP contribution is -2.29. The third kappa shape index (κ3) is 3.21. The predicted octanol–water partition coefficient (Wildman–Crippen LogP) is 5.94. The molecule has 2 heterocycles. The van der Waals surface area contributed by atoms with Crippen LogP contribution < -0.4 is 4.90 Å². The van der Waals surface area contributed by atoms with Crippen LogP contribution in [-0.4, -0.2) is 41.7 Å². The molecule has 2 aliphatic heterocycles. The van der Waals surface area contributed by atoms with Gasteiger partial charge in [0.2, 0.25) is 11.4 Å². The molecule has 0 radical (unpaired) electrons. The number of anilines is 1. The Morgan fingerprint density at radius 2 is 1.65 bits per heavy atom. The summed E-state index contributed by atoms with van der Waals surface area (Å²) >= 11 is 0. The molecule has 0 aliphatic carbocycles. The number of hydrogen-bond acceptors (Lipinski definition) is 3. The molecule has 1 N–H and O–H groups in total. The van der Waals surface area contributed by atoms with Crippen molar-refractivity contribution < 1.29 is 9.68 Å². The first-order valence-corrected chi connectivity index (χ1v) is 11.2. The Kier molecular flexibility index (Phi) is 4.81. The van der Waals surface area contributed by atoms with E-state index in [2.05, 4.69) is 72.8 Å². The fourth-order valence-corrected chi connectivity index (χ4v) is 5.21. The Bertz CT molecular complexity index is 1220. The molecule has 0 amide bonds. The van der Waals surface area contributed by atoms with Gasteiger partial charge in [-0.25, -0.2) is 4.99 Å². The molecule has 31 heavy (non-hydrogen) atoms. The van der Waals surface area contributed by atoms with Crippen LogP contribution >= 0.6 is 0 Å². The van der Waals surface area contributed by atoms with Crippen LogP contribution in [0, 0.1) is 0 Å². The minimum Gasteiger partial charge on any atom is -0.506 e. The van der Waals surface area contributed by atoms with Gasteiger partial charge in [-0.05, 0) is 33.1 Å². The maximum Gasteiger partial charge on any atom is 0.210 e. The molecular weight excluding hydrogens is 382 g/mol. The van der Waals surface area contributed by atoms with Crippen molar-refractivity contribution in [1.29, 1.82) is 0 Å². The molecule has 0 aromatic heterocycles. The quantitative estimate of drug-likeness (QED) is 0.427. The van der Waals surface area contributed by atoms with Gasteiger partial charge in [-0.1, -0.05) is 42.5 Å². The Labute approximate surface area is 184 Å². The summed E-state index contributed by atoms with van der Waals surface area (Å²) in [7, 11) is 2.09. The Morgan fingerprint density at radius 1 is 0.968 bits per heavy atom. The van der Waals surface area contributed by atoms with Gasteiger partial charge in [0.05, 0.1) is 11.6 Å². The third-order valence-corrected chi connectivity index (χ3v) is 6.93. The van der Waals surface area contributed by atoms with E-state index in [0.717, 1.165) is 35.3 Å². The summed E-state index contributed by atoms with van der Waals surface area (Å²) in [5.74, 6) is 0.243. The van der Waals surface area contributed by atoms with E-state index in [1.165, 1.54) is 30.5 Å². The maximum absolute atomic E-state index is 11.0. The van der Waals surface area contributed by atoms with Gasteiger partial charge in [0.25, 0.3) is 0 Å². The predicted molar refractivity (Wildman–Crippen MR) is 130 cm³/mol. The summed E-state index contributed by atoms with van der Waals surface area (Å²) in [4.78, 5) is 7.26. The normalized spacial score (nSPS) is 18.2. The first-order chi connectivity index (χ1) is 15.0. The fourth-order valence-electron chi connectivity index (χ4n) is 5.21. The minimum absolute atomic E-state index is 0.145. The highest BCUT2D eigenvalue weighted by Gasteiger charge is 2.43. The molecule has 158 valence electrons. The number of hydrogen-bond donors (Lipinski definition) is 1. The van der Waals surface area contributed by atoms with Crippen molar-refractivity contribution in [2.24, 2.45) is 4.99 Å². The molecule has 0 spiro atoms. The lowest BCUT2D eigenvalue weighted by atomic mass is 9.82. The molecule has 0 saturated carbocycles. The largest absolute Gasteiger partial charge is 0.506 e. The number of benzene rings is 3. The Balaban J connectivity index is 1.60. The Hall–Kier alpha value is -3.14. The summed E-state index contributed by atoms with van der Waals surface area (Å²) in [6, 6.07) is 18.7. The number of para-hydroxylation sites is 1. The molecule has 0 atom stereocenters. The van der Waals surface area contributed by atoms with E-state index in [9.17, 15) is 5.11 Å². The molecule has 4 heteroatoms. The van der Waals surface area contributed by atoms with Crippen LogP contribution in [0.15, 0.2) is 59.6 Å². The van der Waals surface area contributed by atoms with Crippen LogP contribution in [0.1, 0.15) is 38.7 Å². The van der Waals surface area contributed by atoms with Gasteiger partial charge < -0.3 is 10.0 Å². The van der Waals surface area contributed by atoms with Crippen molar-refractivity contribution in [1.82, 2.24) is 0 Å². The van der Waals surface area contributed by atoms with Gasteiger partial charge in [0.1, 0.15) is 18.5 Å². The van der Waals surface area contributed by atoms with Crippen LogP contribution in [0.3, 0.4) is 0 Å². The lowest BCUT2D eigenvalue weighted by Gasteiger charge is -2.30. The fraction of sp³-hybridized carbons (Fsp3) is 0.333. The van der Waals surface area contributed by atoms with E-state index in [1.54, 1.807) is 0 Å². The van der Waals surface area contributed by atoms with Crippen LogP contribution in [0.2, 0.25) is 0 Å². The number of aliphatic imine (C=N–C) groups is 1. The molecule has 3 aromatic rings. The van der Waals surface area contributed by atoms with Gasteiger partial charge in [-0.2, -0.15) is 4.58 Å². The second-order valence-corrected chi connectivity index (χ2v) is 9.20. The maximum atomic E-state index is 11.0. The summed E-state index contributed by atoms with van der Waals surface area (Å²) in [6.45, 7) is 6.55. The van der Waals surface area contributed by atoms with E-state index < -0.39 is 0 Å². The van der Waals surface area contributed by atoms with Crippen LogP contribution in [0.25, 0.3) is 10.8 Å². The third-order valence-electron chi connectivity index (χ3n) is 6.93. The molecule has 0 bridgehead atoms. The second kappa shape index (κ2) is 7.52. The second-order valence-electron chi connectivity index (χ2n) is 9.20. The molecule has 4 nitrogen and oxygen atoms in total. The number of aromatic hydroxyl groups is 1. The zero-order chi connectivity index (χ0) is 21.6. The smallest absolute Gasteiger partial charge is 0.210 e. The molecule has 3 aromatic carbocycles. The van der Waals surface area contributed by atoms with E-state index in [1.807, 2.05) is 18.3 Å². The Morgan fingerprint density at radius 3 is 2.39 bits per heavy atom. The highest BCUT2D eigenvalue weighted by Crippen LogP contribution is 2.43. The zero-order valence-electron chi connectivity index (χ0n) is 18.6. The number of fused-ring (bicyclic) bond motifs is 2. The van der Waals surface area contributed by atoms with E-state index >= 15 is 0 Å². The highest BCUT2D eigenvalue weighted by atomic mass is 16.3. The van der Waals surface area contributed by atoms with Crippen molar-refractivity contribution in [2.75, 3.05) is 25.0 Å². The summed E-state index contributed by atoms with van der Waals surface area (Å²) in [5, 5.41) is 13.2. The number of phenolic OH excluding ortho intramolecular Hbond substituents is 1. The molecule has 0 unspecified atom stereocenters. The number of piperidine rings is 1. The number of nitrogens with zero attached hydrogens (tertiary/aromatic N) is 3. The summed E-state index contributed by atoms with van der Waals surface area (Å²) in [6.07, 6.45) is 5.62. The van der Waals surface area contributed by atoms with Gasteiger partial charge in [0.15, 0.2) is 0 Å². The molecule has 5 rings (SSSR count). The SMILES string of the molecule is C[N+]1=C(C=Nc2c(O)cc(N3CCCCC3)c3ccccc23)C(C)(C)c2ccccc21. The number of rotatable bonds is 3. The molecular formula is C27H30N3O+. The summed E-state index contributed by atoms with van der Waals surface area (Å²) < 4.78 is 2.21. The first-order valence-electron chi connectivity index (χ1n) is 11.2. The van der Waals surface area contributed by atoms with Crippen LogP contribution in [0.5, 0.6) is 5.75 Å². The van der Waals surface area contributed by atoms with Crippen LogP contribution in [-0.2, 0) is 5.41 Å². The number of phenols is 1.